The Balaban J connectivity index is 0.00000225. The second kappa shape index (κ2) is 9.71. The van der Waals surface area contributed by atoms with Gasteiger partial charge in [-0.2, -0.15) is 0 Å². The highest BCUT2D eigenvalue weighted by Gasteiger charge is 2.35. The number of rotatable bonds is 4. The van der Waals surface area contributed by atoms with E-state index in [9.17, 15) is 9.50 Å². The fourth-order valence-corrected chi connectivity index (χ4v) is 3.97. The van der Waals surface area contributed by atoms with Crippen molar-refractivity contribution in [3.05, 3.63) is 35.6 Å². The van der Waals surface area contributed by atoms with Gasteiger partial charge in [0, 0.05) is 19.6 Å². The Morgan fingerprint density at radius 1 is 1.24 bits per heavy atom. The highest BCUT2D eigenvalue weighted by molar-refractivity contribution is 14.0. The van der Waals surface area contributed by atoms with E-state index in [-0.39, 0.29) is 29.8 Å². The normalized spacial score (nSPS) is 24.4. The third-order valence-corrected chi connectivity index (χ3v) is 5.28. The molecule has 3 unspecified atom stereocenters. The van der Waals surface area contributed by atoms with Crippen LogP contribution in [0.15, 0.2) is 29.3 Å². The highest BCUT2D eigenvalue weighted by Crippen LogP contribution is 2.36. The maximum Gasteiger partial charge on any atom is 0.194 e. The van der Waals surface area contributed by atoms with Crippen molar-refractivity contribution in [1.29, 1.82) is 0 Å². The minimum atomic E-state index is -0.705. The number of guanidine groups is 1. The molecule has 1 aliphatic heterocycles. The first kappa shape index (κ1) is 20.4. The van der Waals surface area contributed by atoms with Gasteiger partial charge in [-0.05, 0) is 49.3 Å². The minimum Gasteiger partial charge on any atom is -0.386 e. The Morgan fingerprint density at radius 3 is 2.40 bits per heavy atom. The number of aliphatic hydroxyl groups excluding tert-OH is 1. The molecular formula is C19H29FIN3O. The molecule has 1 aliphatic carbocycles. The van der Waals surface area contributed by atoms with Gasteiger partial charge in [0.05, 0.1) is 12.6 Å². The second-order valence-corrected chi connectivity index (χ2v) is 6.97. The molecule has 2 fully saturated rings. The van der Waals surface area contributed by atoms with Crippen molar-refractivity contribution in [2.75, 3.05) is 26.2 Å². The Morgan fingerprint density at radius 2 is 1.84 bits per heavy atom. The van der Waals surface area contributed by atoms with E-state index < -0.39 is 6.10 Å². The van der Waals surface area contributed by atoms with Crippen LogP contribution in [0.3, 0.4) is 0 Å². The average Bonchev–Trinajstić information content (AvgIpc) is 3.03. The van der Waals surface area contributed by atoms with E-state index in [1.165, 1.54) is 37.8 Å². The molecule has 1 heterocycles. The lowest BCUT2D eigenvalue weighted by molar-refractivity contribution is 0.186. The molecule has 2 N–H and O–H groups in total. The van der Waals surface area contributed by atoms with Crippen LogP contribution in [0.25, 0.3) is 0 Å². The third kappa shape index (κ3) is 5.29. The third-order valence-electron chi connectivity index (χ3n) is 5.28. The van der Waals surface area contributed by atoms with E-state index in [0.29, 0.717) is 12.1 Å². The number of likely N-dealkylation sites (tertiary alicyclic amines) is 1. The van der Waals surface area contributed by atoms with Crippen LogP contribution in [0.4, 0.5) is 4.39 Å². The summed E-state index contributed by atoms with van der Waals surface area (Å²) in [4.78, 5) is 6.99. The zero-order valence-corrected chi connectivity index (χ0v) is 17.2. The van der Waals surface area contributed by atoms with Crippen molar-refractivity contribution < 1.29 is 9.50 Å². The molecular weight excluding hydrogens is 432 g/mol. The van der Waals surface area contributed by atoms with Gasteiger partial charge in [0.2, 0.25) is 0 Å². The van der Waals surface area contributed by atoms with Crippen molar-refractivity contribution in [3.8, 4) is 0 Å². The molecule has 0 radical (unpaired) electrons. The molecule has 4 nitrogen and oxygen atoms in total. The van der Waals surface area contributed by atoms with E-state index in [0.717, 1.165) is 37.4 Å². The molecule has 0 spiro atoms. The van der Waals surface area contributed by atoms with Crippen LogP contribution in [-0.4, -0.2) is 42.1 Å². The second-order valence-electron chi connectivity index (χ2n) is 6.97. The zero-order valence-electron chi connectivity index (χ0n) is 14.8. The molecule has 0 aromatic heterocycles. The first-order chi connectivity index (χ1) is 11.7. The lowest BCUT2D eigenvalue weighted by atomic mass is 9.82. The summed E-state index contributed by atoms with van der Waals surface area (Å²) in [6, 6.07) is 5.98. The first-order valence-electron chi connectivity index (χ1n) is 9.14. The van der Waals surface area contributed by atoms with Gasteiger partial charge in [-0.3, -0.25) is 4.99 Å². The number of aliphatic hydroxyl groups is 1. The van der Waals surface area contributed by atoms with Crippen molar-refractivity contribution in [2.45, 2.75) is 38.7 Å². The van der Waals surface area contributed by atoms with Crippen molar-refractivity contribution in [3.63, 3.8) is 0 Å². The fraction of sp³-hybridized carbons (Fsp3) is 0.632. The van der Waals surface area contributed by atoms with Crippen LogP contribution >= 0.6 is 24.0 Å². The number of nitrogens with zero attached hydrogens (tertiary/aromatic N) is 2. The number of fused-ring (bicyclic) bond motifs is 1. The van der Waals surface area contributed by atoms with Crippen LogP contribution < -0.4 is 5.32 Å². The molecule has 0 amide bonds. The lowest BCUT2D eigenvalue weighted by Crippen LogP contribution is -2.40. The van der Waals surface area contributed by atoms with Crippen molar-refractivity contribution in [2.24, 2.45) is 16.8 Å². The molecule has 0 bridgehead atoms. The van der Waals surface area contributed by atoms with Crippen LogP contribution in [0.1, 0.15) is 44.3 Å². The van der Waals surface area contributed by atoms with Crippen LogP contribution in [0, 0.1) is 17.7 Å². The summed E-state index contributed by atoms with van der Waals surface area (Å²) in [6.45, 7) is 5.32. The molecule has 25 heavy (non-hydrogen) atoms. The maximum atomic E-state index is 13.0. The number of benzene rings is 1. The number of hydrogen-bond acceptors (Lipinski definition) is 2. The zero-order chi connectivity index (χ0) is 16.9. The summed E-state index contributed by atoms with van der Waals surface area (Å²) >= 11 is 0. The summed E-state index contributed by atoms with van der Waals surface area (Å²) in [7, 11) is 0. The average molecular weight is 461 g/mol. The first-order valence-corrected chi connectivity index (χ1v) is 9.14. The molecule has 1 saturated carbocycles. The SMILES string of the molecule is CCNC(=NCC(O)c1ccc(F)cc1)N1CC2CCCCC2C1.I. The van der Waals surface area contributed by atoms with E-state index in [2.05, 4.69) is 22.1 Å². The van der Waals surface area contributed by atoms with Crippen LogP contribution in [0.2, 0.25) is 0 Å². The molecule has 1 aromatic carbocycles. The summed E-state index contributed by atoms with van der Waals surface area (Å²) in [5.74, 6) is 2.20. The van der Waals surface area contributed by atoms with Gasteiger partial charge >= 0.3 is 0 Å². The van der Waals surface area contributed by atoms with Gasteiger partial charge < -0.3 is 15.3 Å². The van der Waals surface area contributed by atoms with Gasteiger partial charge in [-0.1, -0.05) is 25.0 Å². The van der Waals surface area contributed by atoms with Crippen LogP contribution in [-0.2, 0) is 0 Å². The fourth-order valence-electron chi connectivity index (χ4n) is 3.97. The molecule has 1 aromatic rings. The van der Waals surface area contributed by atoms with E-state index >= 15 is 0 Å². The van der Waals surface area contributed by atoms with Gasteiger partial charge in [-0.15, -0.1) is 24.0 Å². The predicted molar refractivity (Wildman–Crippen MR) is 110 cm³/mol. The standard InChI is InChI=1S/C19H28FN3O.HI/c1-2-21-19(23-12-15-5-3-4-6-16(15)13-23)22-11-18(24)14-7-9-17(20)10-8-14;/h7-10,15-16,18,24H,2-6,11-13H2,1H3,(H,21,22);1H. The Labute approximate surface area is 166 Å². The van der Waals surface area contributed by atoms with E-state index in [1.54, 1.807) is 12.1 Å². The van der Waals surface area contributed by atoms with E-state index in [4.69, 9.17) is 0 Å². The smallest absolute Gasteiger partial charge is 0.194 e. The molecule has 3 rings (SSSR count). The van der Waals surface area contributed by atoms with Gasteiger partial charge in [-0.25, -0.2) is 4.39 Å². The number of halogens is 2. The van der Waals surface area contributed by atoms with Gasteiger partial charge in [0.15, 0.2) is 5.96 Å². The summed E-state index contributed by atoms with van der Waals surface area (Å²) in [6.07, 6.45) is 4.67. The molecule has 140 valence electrons. The quantitative estimate of drug-likeness (QED) is 0.410. The lowest BCUT2D eigenvalue weighted by Gasteiger charge is -2.22. The van der Waals surface area contributed by atoms with E-state index in [1.807, 2.05) is 0 Å². The highest BCUT2D eigenvalue weighted by atomic mass is 127. The van der Waals surface area contributed by atoms with Crippen molar-refractivity contribution >= 4 is 29.9 Å². The molecule has 6 heteroatoms. The minimum absolute atomic E-state index is 0. The largest absolute Gasteiger partial charge is 0.386 e. The summed E-state index contributed by atoms with van der Waals surface area (Å²) in [5, 5.41) is 13.7. The Bertz CT molecular complexity index is 552. The van der Waals surface area contributed by atoms with Gasteiger partial charge in [0.1, 0.15) is 5.82 Å². The maximum absolute atomic E-state index is 13.0. The number of hydrogen-bond donors (Lipinski definition) is 2. The monoisotopic (exact) mass is 461 g/mol. The topological polar surface area (TPSA) is 47.9 Å². The molecule has 2 aliphatic rings. The van der Waals surface area contributed by atoms with Crippen molar-refractivity contribution in [1.82, 2.24) is 10.2 Å². The Kier molecular flexibility index (Phi) is 7.93. The predicted octanol–water partition coefficient (Wildman–Crippen LogP) is 3.56. The molecule has 1 saturated heterocycles. The number of aliphatic imine (C=N–C) groups is 1. The summed E-state index contributed by atoms with van der Waals surface area (Å²) in [5.41, 5.74) is 0.700. The summed E-state index contributed by atoms with van der Waals surface area (Å²) < 4.78 is 13.0. The molecule has 3 atom stereocenters. The van der Waals surface area contributed by atoms with Crippen LogP contribution in [0.5, 0.6) is 0 Å². The Hall–Kier alpha value is -0.890. The number of nitrogens with one attached hydrogen (secondary N) is 1. The van der Waals surface area contributed by atoms with Gasteiger partial charge in [0.25, 0.3) is 0 Å².